The van der Waals surface area contributed by atoms with E-state index >= 15 is 0 Å². The second kappa shape index (κ2) is 15.0. The molecule has 2 N–H and O–H groups in total. The van der Waals surface area contributed by atoms with Gasteiger partial charge in [-0.2, -0.15) is 0 Å². The lowest BCUT2D eigenvalue weighted by molar-refractivity contribution is -0.158. The summed E-state index contributed by atoms with van der Waals surface area (Å²) in [5, 5.41) is 12.2. The molecule has 50 heavy (non-hydrogen) atoms. The summed E-state index contributed by atoms with van der Waals surface area (Å²) in [6, 6.07) is 29.5. The number of oxime groups is 1. The lowest BCUT2D eigenvalue weighted by Gasteiger charge is -2.49. The Labute approximate surface area is 312 Å². The predicted molar refractivity (Wildman–Crippen MR) is 205 cm³/mol. The third-order valence-electron chi connectivity index (χ3n) is 8.13. The first-order chi connectivity index (χ1) is 24.1. The van der Waals surface area contributed by atoms with Gasteiger partial charge in [0.15, 0.2) is 5.01 Å². The van der Waals surface area contributed by atoms with E-state index in [1.54, 1.807) is 20.8 Å². The van der Waals surface area contributed by atoms with Gasteiger partial charge in [0, 0.05) is 15.6 Å². The van der Waals surface area contributed by atoms with Gasteiger partial charge < -0.3 is 20.2 Å². The van der Waals surface area contributed by atoms with Crippen molar-refractivity contribution < 1.29 is 24.0 Å². The van der Waals surface area contributed by atoms with Gasteiger partial charge in [-0.1, -0.05) is 119 Å². The van der Waals surface area contributed by atoms with Crippen LogP contribution in [-0.4, -0.2) is 67.7 Å². The number of carbonyl (C=O) groups is 3. The number of β-lactam (4-membered cyclic amide) rings is 1. The highest BCUT2D eigenvalue weighted by Gasteiger charge is 2.55. The zero-order valence-electron chi connectivity index (χ0n) is 27.9. The number of aromatic nitrogens is 1. The number of hydrogen-bond acceptors (Lipinski definition) is 10. The Morgan fingerprint density at radius 1 is 0.960 bits per heavy atom. The van der Waals surface area contributed by atoms with Crippen molar-refractivity contribution in [3.05, 3.63) is 129 Å². The van der Waals surface area contributed by atoms with Crippen LogP contribution in [0.4, 0.5) is 5.82 Å². The molecular weight excluding hydrogens is 785 g/mol. The molecule has 1 aromatic heterocycles. The van der Waals surface area contributed by atoms with Crippen LogP contribution in [0.3, 0.4) is 0 Å². The molecule has 13 heteroatoms. The number of esters is 1. The maximum Gasteiger partial charge on any atom is 0.355 e. The fraction of sp³-hybridized carbons (Fsp3) is 0.270. The maximum atomic E-state index is 13.8. The molecule has 0 radical (unpaired) electrons. The van der Waals surface area contributed by atoms with Gasteiger partial charge in [0.25, 0.3) is 11.8 Å². The number of benzene rings is 3. The fourth-order valence-electron chi connectivity index (χ4n) is 5.99. The number of fused-ring (bicyclic) bond motifs is 1. The Bertz CT molecular complexity index is 1830. The standard InChI is InChI=1S/C37H36IN5O5S2/c1-36(2,3)48-35(46)30-23(20-38)21-50-34-29(33(45)43(30)34)40-31(44)28(42-47-4)32-39-27(22-49-32)41-37(24-14-8-5-9-15-24,25-16-10-6-11-17-25)26-18-12-7-13-19-26/h5-19,22,29,34,41H,20-21H2,1-4H3,(H,40,44)/t29-,34-/m1/s1. The van der Waals surface area contributed by atoms with E-state index in [9.17, 15) is 14.4 Å². The summed E-state index contributed by atoms with van der Waals surface area (Å²) in [5.41, 5.74) is 2.45. The number of thioether (sulfide) groups is 1. The number of thiazole rings is 1. The minimum atomic E-state index is -0.873. The lowest BCUT2D eigenvalue weighted by Crippen LogP contribution is -2.71. The van der Waals surface area contributed by atoms with E-state index in [0.717, 1.165) is 22.3 Å². The third-order valence-corrected chi connectivity index (χ3v) is 11.2. The van der Waals surface area contributed by atoms with E-state index in [1.165, 1.54) is 35.1 Å². The summed E-state index contributed by atoms with van der Waals surface area (Å²) < 4.78 is 6.20. The topological polar surface area (TPSA) is 122 Å². The number of nitrogens with zero attached hydrogens (tertiary/aromatic N) is 3. The van der Waals surface area contributed by atoms with Gasteiger partial charge in [0.2, 0.25) is 5.71 Å². The van der Waals surface area contributed by atoms with Gasteiger partial charge in [-0.05, 0) is 43.0 Å². The molecule has 1 fully saturated rings. The summed E-state index contributed by atoms with van der Waals surface area (Å²) in [6.45, 7) is 5.35. The summed E-state index contributed by atoms with van der Waals surface area (Å²) in [7, 11) is 1.35. The second-order valence-electron chi connectivity index (χ2n) is 12.6. The van der Waals surface area contributed by atoms with Crippen LogP contribution in [0.15, 0.2) is 113 Å². The summed E-state index contributed by atoms with van der Waals surface area (Å²) in [6.07, 6.45) is 0. The molecule has 2 amide bonds. The van der Waals surface area contributed by atoms with E-state index in [2.05, 4.69) is 74.8 Å². The number of nitrogens with one attached hydrogen (secondary N) is 2. The molecule has 3 heterocycles. The smallest absolute Gasteiger partial charge is 0.355 e. The molecule has 1 saturated heterocycles. The Morgan fingerprint density at radius 3 is 2.02 bits per heavy atom. The van der Waals surface area contributed by atoms with E-state index in [-0.39, 0.29) is 11.4 Å². The highest BCUT2D eigenvalue weighted by atomic mass is 127. The van der Waals surface area contributed by atoms with Crippen molar-refractivity contribution in [1.29, 1.82) is 0 Å². The van der Waals surface area contributed by atoms with Gasteiger partial charge in [0.05, 0.1) is 0 Å². The minimum absolute atomic E-state index is 0.0711. The SMILES string of the molecule is CON=C(C(=O)N[C@@H]1C(=O)N2C(C(=O)OC(C)(C)C)=C(CI)CS[C@H]12)c1nc(NC(c2ccccc2)(c2ccccc2)c2ccccc2)cs1. The second-order valence-corrected chi connectivity index (χ2v) is 15.3. The molecule has 0 unspecified atom stereocenters. The molecule has 0 aliphatic carbocycles. The first kappa shape index (κ1) is 35.6. The van der Waals surface area contributed by atoms with E-state index in [1.807, 2.05) is 60.0 Å². The molecule has 4 aromatic rings. The predicted octanol–water partition coefficient (Wildman–Crippen LogP) is 6.33. The van der Waals surface area contributed by atoms with Crippen LogP contribution in [-0.2, 0) is 29.5 Å². The summed E-state index contributed by atoms with van der Waals surface area (Å²) in [4.78, 5) is 51.8. The van der Waals surface area contributed by atoms with Gasteiger partial charge in [-0.25, -0.2) is 9.78 Å². The van der Waals surface area contributed by atoms with Gasteiger partial charge in [-0.3, -0.25) is 14.5 Å². The minimum Gasteiger partial charge on any atom is -0.455 e. The summed E-state index contributed by atoms with van der Waals surface area (Å²) in [5.74, 6) is -0.505. The average molecular weight is 822 g/mol. The number of alkyl halides is 1. The molecule has 3 aromatic carbocycles. The molecule has 0 bridgehead atoms. The van der Waals surface area contributed by atoms with Crippen LogP contribution >= 0.6 is 45.7 Å². The molecule has 10 nitrogen and oxygen atoms in total. The number of ether oxygens (including phenoxy) is 1. The highest BCUT2D eigenvalue weighted by molar-refractivity contribution is 14.1. The first-order valence-corrected chi connectivity index (χ1v) is 19.3. The maximum absolute atomic E-state index is 13.8. The lowest BCUT2D eigenvalue weighted by atomic mass is 9.77. The van der Waals surface area contributed by atoms with Crippen molar-refractivity contribution in [2.45, 2.75) is 43.3 Å². The fourth-order valence-corrected chi connectivity index (χ4v) is 9.06. The van der Waals surface area contributed by atoms with Crippen molar-refractivity contribution in [3.8, 4) is 0 Å². The Kier molecular flexibility index (Phi) is 10.6. The Balaban J connectivity index is 1.27. The molecule has 2 atom stereocenters. The zero-order chi connectivity index (χ0) is 35.5. The van der Waals surface area contributed by atoms with Crippen LogP contribution in [0, 0.1) is 0 Å². The molecule has 258 valence electrons. The number of carbonyl (C=O) groups excluding carboxylic acids is 3. The van der Waals surface area contributed by atoms with Crippen molar-refractivity contribution in [1.82, 2.24) is 15.2 Å². The van der Waals surface area contributed by atoms with Gasteiger partial charge >= 0.3 is 5.97 Å². The summed E-state index contributed by atoms with van der Waals surface area (Å²) >= 11 is 4.90. The van der Waals surface area contributed by atoms with Crippen LogP contribution in [0.25, 0.3) is 0 Å². The molecular formula is C37H36IN5O5S2. The first-order valence-electron chi connectivity index (χ1n) is 15.9. The van der Waals surface area contributed by atoms with Crippen LogP contribution < -0.4 is 10.6 Å². The largest absolute Gasteiger partial charge is 0.455 e. The number of hydrogen-bond donors (Lipinski definition) is 2. The van der Waals surface area contributed by atoms with Crippen LogP contribution in [0.1, 0.15) is 42.5 Å². The molecule has 2 aliphatic rings. The van der Waals surface area contributed by atoms with Crippen molar-refractivity contribution in [2.24, 2.45) is 5.16 Å². The van der Waals surface area contributed by atoms with Crippen molar-refractivity contribution >= 4 is 75.0 Å². The number of rotatable bonds is 11. The molecule has 0 spiro atoms. The molecule has 6 rings (SSSR count). The van der Waals surface area contributed by atoms with Crippen LogP contribution in [0.2, 0.25) is 0 Å². The van der Waals surface area contributed by atoms with Gasteiger partial charge in [0.1, 0.15) is 41.2 Å². The Morgan fingerprint density at radius 2 is 1.52 bits per heavy atom. The van der Waals surface area contributed by atoms with E-state index in [4.69, 9.17) is 14.6 Å². The van der Waals surface area contributed by atoms with Crippen molar-refractivity contribution in [2.75, 3.05) is 22.6 Å². The molecule has 0 saturated carbocycles. The average Bonchev–Trinajstić information content (AvgIpc) is 3.59. The quantitative estimate of drug-likeness (QED) is 0.0343. The van der Waals surface area contributed by atoms with E-state index in [0.29, 0.717) is 21.0 Å². The monoisotopic (exact) mass is 821 g/mol. The number of amides is 2. The highest BCUT2D eigenvalue weighted by Crippen LogP contribution is 2.42. The van der Waals surface area contributed by atoms with E-state index < -0.39 is 40.3 Å². The van der Waals surface area contributed by atoms with Crippen molar-refractivity contribution in [3.63, 3.8) is 0 Å². The zero-order valence-corrected chi connectivity index (χ0v) is 31.7. The normalized spacial score (nSPS) is 17.8. The molecule has 2 aliphatic heterocycles. The number of anilines is 1. The van der Waals surface area contributed by atoms with Gasteiger partial charge in [-0.15, -0.1) is 23.1 Å². The van der Waals surface area contributed by atoms with Crippen LogP contribution in [0.5, 0.6) is 0 Å². The Hall–Kier alpha value is -4.21. The number of halogens is 1. The third kappa shape index (κ3) is 7.03.